The third kappa shape index (κ3) is 4.33. The van der Waals surface area contributed by atoms with E-state index in [2.05, 4.69) is 28.1 Å². The Labute approximate surface area is 133 Å². The van der Waals surface area contributed by atoms with Crippen molar-refractivity contribution in [1.29, 1.82) is 0 Å². The zero-order valence-electron chi connectivity index (χ0n) is 12.1. The summed E-state index contributed by atoms with van der Waals surface area (Å²) in [5.74, 6) is 0.00209. The quantitative estimate of drug-likeness (QED) is 0.838. The molecule has 21 heavy (non-hydrogen) atoms. The molecule has 0 aliphatic carbocycles. The monoisotopic (exact) mass is 346 g/mol. The van der Waals surface area contributed by atoms with Gasteiger partial charge in [0.25, 0.3) is 5.91 Å². The molecule has 0 aromatic heterocycles. The number of benzene rings is 2. The van der Waals surface area contributed by atoms with Crippen LogP contribution in [0.3, 0.4) is 0 Å². The van der Waals surface area contributed by atoms with Crippen LogP contribution in [0.4, 0.5) is 5.69 Å². The molecule has 0 aliphatic rings. The van der Waals surface area contributed by atoms with E-state index in [0.29, 0.717) is 11.3 Å². The first-order valence-electron chi connectivity index (χ1n) is 6.92. The van der Waals surface area contributed by atoms with Gasteiger partial charge in [-0.25, -0.2) is 0 Å². The SMILES string of the molecule is CN(CCCc1ccccc1)C(=O)c1ccc(Br)c(N)c1. The minimum absolute atomic E-state index is 0.00209. The Balaban J connectivity index is 1.89. The van der Waals surface area contributed by atoms with E-state index in [-0.39, 0.29) is 5.91 Å². The summed E-state index contributed by atoms with van der Waals surface area (Å²) in [4.78, 5) is 14.0. The van der Waals surface area contributed by atoms with Crippen molar-refractivity contribution >= 4 is 27.5 Å². The Bertz CT molecular complexity index is 613. The van der Waals surface area contributed by atoms with Crippen molar-refractivity contribution in [3.63, 3.8) is 0 Å². The molecule has 2 rings (SSSR count). The maximum absolute atomic E-state index is 12.3. The topological polar surface area (TPSA) is 46.3 Å². The third-order valence-corrected chi connectivity index (χ3v) is 4.11. The molecule has 4 heteroatoms. The highest BCUT2D eigenvalue weighted by atomic mass is 79.9. The Kier molecular flexibility index (Phi) is 5.39. The summed E-state index contributed by atoms with van der Waals surface area (Å²) in [6.45, 7) is 0.726. The predicted molar refractivity (Wildman–Crippen MR) is 90.3 cm³/mol. The Hall–Kier alpha value is -1.81. The van der Waals surface area contributed by atoms with Crippen LogP contribution in [0.15, 0.2) is 53.0 Å². The van der Waals surface area contributed by atoms with Gasteiger partial charge in [0.2, 0.25) is 0 Å². The smallest absolute Gasteiger partial charge is 0.253 e. The fraction of sp³-hybridized carbons (Fsp3) is 0.235. The number of carbonyl (C=O) groups is 1. The lowest BCUT2D eigenvalue weighted by Crippen LogP contribution is -2.28. The molecule has 0 unspecified atom stereocenters. The number of nitrogens with zero attached hydrogens (tertiary/aromatic N) is 1. The number of anilines is 1. The molecular weight excluding hydrogens is 328 g/mol. The van der Waals surface area contributed by atoms with Gasteiger partial charge in [-0.05, 0) is 52.5 Å². The summed E-state index contributed by atoms with van der Waals surface area (Å²) in [5, 5.41) is 0. The normalized spacial score (nSPS) is 10.4. The predicted octanol–water partition coefficient (Wildman–Crippen LogP) is 3.74. The first-order chi connectivity index (χ1) is 10.1. The fourth-order valence-corrected chi connectivity index (χ4v) is 2.41. The van der Waals surface area contributed by atoms with Gasteiger partial charge in [0.05, 0.1) is 0 Å². The van der Waals surface area contributed by atoms with Crippen LogP contribution in [-0.2, 0) is 6.42 Å². The summed E-state index contributed by atoms with van der Waals surface area (Å²) in [5.41, 5.74) is 8.32. The van der Waals surface area contributed by atoms with E-state index in [0.717, 1.165) is 23.9 Å². The largest absolute Gasteiger partial charge is 0.398 e. The van der Waals surface area contributed by atoms with Crippen molar-refractivity contribution in [2.75, 3.05) is 19.3 Å². The van der Waals surface area contributed by atoms with E-state index >= 15 is 0 Å². The highest BCUT2D eigenvalue weighted by Crippen LogP contribution is 2.21. The molecule has 0 spiro atoms. The number of nitrogen functional groups attached to an aromatic ring is 1. The summed E-state index contributed by atoms with van der Waals surface area (Å²) in [6, 6.07) is 15.6. The van der Waals surface area contributed by atoms with Gasteiger partial charge in [0.15, 0.2) is 0 Å². The Morgan fingerprint density at radius 3 is 2.57 bits per heavy atom. The first-order valence-corrected chi connectivity index (χ1v) is 7.71. The van der Waals surface area contributed by atoms with Gasteiger partial charge < -0.3 is 10.6 Å². The molecule has 0 fully saturated rings. The molecular formula is C17H19BrN2O. The first kappa shape index (κ1) is 15.6. The second-order valence-electron chi connectivity index (χ2n) is 5.05. The van der Waals surface area contributed by atoms with Gasteiger partial charge in [-0.15, -0.1) is 0 Å². The van der Waals surface area contributed by atoms with E-state index in [9.17, 15) is 4.79 Å². The Morgan fingerprint density at radius 1 is 1.19 bits per heavy atom. The van der Waals surface area contributed by atoms with E-state index in [4.69, 9.17) is 5.73 Å². The number of nitrogens with two attached hydrogens (primary N) is 1. The zero-order chi connectivity index (χ0) is 15.2. The summed E-state index contributed by atoms with van der Waals surface area (Å²) in [6.07, 6.45) is 1.92. The van der Waals surface area contributed by atoms with Crippen LogP contribution in [0.25, 0.3) is 0 Å². The van der Waals surface area contributed by atoms with Crippen LogP contribution in [0.2, 0.25) is 0 Å². The van der Waals surface area contributed by atoms with Crippen molar-refractivity contribution in [2.24, 2.45) is 0 Å². The minimum Gasteiger partial charge on any atom is -0.398 e. The minimum atomic E-state index is 0.00209. The molecule has 0 aliphatic heterocycles. The number of amides is 1. The average Bonchev–Trinajstić information content (AvgIpc) is 2.50. The van der Waals surface area contributed by atoms with Gasteiger partial charge in [0.1, 0.15) is 0 Å². The molecule has 2 aromatic rings. The number of hydrogen-bond acceptors (Lipinski definition) is 2. The van der Waals surface area contributed by atoms with Gasteiger partial charge in [-0.1, -0.05) is 30.3 Å². The maximum atomic E-state index is 12.3. The molecule has 0 saturated carbocycles. The molecule has 0 heterocycles. The van der Waals surface area contributed by atoms with Gasteiger partial charge >= 0.3 is 0 Å². The van der Waals surface area contributed by atoms with Crippen molar-refractivity contribution in [3.8, 4) is 0 Å². The number of aryl methyl sites for hydroxylation is 1. The third-order valence-electron chi connectivity index (χ3n) is 3.39. The van der Waals surface area contributed by atoms with E-state index in [1.165, 1.54) is 5.56 Å². The average molecular weight is 347 g/mol. The van der Waals surface area contributed by atoms with Crippen LogP contribution >= 0.6 is 15.9 Å². The maximum Gasteiger partial charge on any atom is 0.253 e. The van der Waals surface area contributed by atoms with Crippen molar-refractivity contribution in [3.05, 3.63) is 64.1 Å². The van der Waals surface area contributed by atoms with Crippen LogP contribution in [-0.4, -0.2) is 24.4 Å². The number of carbonyl (C=O) groups excluding carboxylic acids is 1. The molecule has 2 aromatic carbocycles. The van der Waals surface area contributed by atoms with Crippen LogP contribution < -0.4 is 5.73 Å². The summed E-state index contributed by atoms with van der Waals surface area (Å²) >= 11 is 3.33. The van der Waals surface area contributed by atoms with E-state index in [1.54, 1.807) is 23.1 Å². The highest BCUT2D eigenvalue weighted by molar-refractivity contribution is 9.10. The second kappa shape index (κ2) is 7.27. The van der Waals surface area contributed by atoms with Crippen molar-refractivity contribution in [2.45, 2.75) is 12.8 Å². The summed E-state index contributed by atoms with van der Waals surface area (Å²) in [7, 11) is 1.82. The van der Waals surface area contributed by atoms with Crippen LogP contribution in [0.1, 0.15) is 22.3 Å². The standard InChI is InChI=1S/C17H19BrN2O/c1-20(11-5-8-13-6-3-2-4-7-13)17(21)14-9-10-15(18)16(19)12-14/h2-4,6-7,9-10,12H,5,8,11,19H2,1H3. The van der Waals surface area contributed by atoms with E-state index in [1.807, 2.05) is 25.2 Å². The molecule has 110 valence electrons. The highest BCUT2D eigenvalue weighted by Gasteiger charge is 2.12. The van der Waals surface area contributed by atoms with Crippen LogP contribution in [0.5, 0.6) is 0 Å². The van der Waals surface area contributed by atoms with Gasteiger partial charge in [-0.2, -0.15) is 0 Å². The molecule has 0 radical (unpaired) electrons. The molecule has 3 nitrogen and oxygen atoms in total. The van der Waals surface area contributed by atoms with Crippen molar-refractivity contribution < 1.29 is 4.79 Å². The van der Waals surface area contributed by atoms with Gasteiger partial charge in [0, 0.05) is 29.3 Å². The van der Waals surface area contributed by atoms with Gasteiger partial charge in [-0.3, -0.25) is 4.79 Å². The molecule has 0 saturated heterocycles. The summed E-state index contributed by atoms with van der Waals surface area (Å²) < 4.78 is 0.811. The lowest BCUT2D eigenvalue weighted by atomic mass is 10.1. The van der Waals surface area contributed by atoms with E-state index < -0.39 is 0 Å². The molecule has 2 N–H and O–H groups in total. The number of hydrogen-bond donors (Lipinski definition) is 1. The fourth-order valence-electron chi connectivity index (χ4n) is 2.16. The lowest BCUT2D eigenvalue weighted by Gasteiger charge is -2.17. The van der Waals surface area contributed by atoms with Crippen LogP contribution in [0, 0.1) is 0 Å². The Morgan fingerprint density at radius 2 is 1.90 bits per heavy atom. The lowest BCUT2D eigenvalue weighted by molar-refractivity contribution is 0.0793. The van der Waals surface area contributed by atoms with Crippen molar-refractivity contribution in [1.82, 2.24) is 4.90 Å². The second-order valence-corrected chi connectivity index (χ2v) is 5.91. The number of rotatable bonds is 5. The zero-order valence-corrected chi connectivity index (χ0v) is 13.6. The molecule has 1 amide bonds. The molecule has 0 bridgehead atoms. The number of halogens is 1. The molecule has 0 atom stereocenters.